The van der Waals surface area contributed by atoms with Crippen LogP contribution in [-0.2, 0) is 4.79 Å². The van der Waals surface area contributed by atoms with Crippen molar-refractivity contribution < 1.29 is 4.79 Å². The minimum Gasteiger partial charge on any atom is -0.273 e. The number of amides is 1. The van der Waals surface area contributed by atoms with E-state index in [1.807, 2.05) is 0 Å². The Morgan fingerprint density at radius 1 is 1.58 bits per heavy atom. The molecule has 0 unspecified atom stereocenters. The van der Waals surface area contributed by atoms with E-state index in [2.05, 4.69) is 20.6 Å². The van der Waals surface area contributed by atoms with Crippen molar-refractivity contribution in [3.63, 3.8) is 0 Å². The molecule has 0 spiro atoms. The third kappa shape index (κ3) is 6.57. The lowest BCUT2D eigenvalue weighted by molar-refractivity contribution is -0.120. The minimum atomic E-state index is -0.247. The number of azide groups is 1. The summed E-state index contributed by atoms with van der Waals surface area (Å²) in [7, 11) is 0. The van der Waals surface area contributed by atoms with Gasteiger partial charge in [0.1, 0.15) is 0 Å². The number of hydrogen-bond acceptors (Lipinski definition) is 3. The molecule has 66 valence electrons. The summed E-state index contributed by atoms with van der Waals surface area (Å²) in [6.07, 6.45) is 0.167. The van der Waals surface area contributed by atoms with Crippen molar-refractivity contribution in [1.82, 2.24) is 5.43 Å². The second-order valence-electron chi connectivity index (χ2n) is 2.30. The van der Waals surface area contributed by atoms with Crippen LogP contribution < -0.4 is 5.43 Å². The summed E-state index contributed by atoms with van der Waals surface area (Å²) in [6, 6.07) is 0. The van der Waals surface area contributed by atoms with Crippen LogP contribution in [0, 0.1) is 0 Å². The molecule has 0 aromatic heterocycles. The number of nitrogens with one attached hydrogen (secondary N) is 1. The van der Waals surface area contributed by atoms with Crippen molar-refractivity contribution in [3.8, 4) is 0 Å². The molecular formula is C6H11N5O. The molecule has 0 saturated heterocycles. The minimum absolute atomic E-state index is 0.167. The monoisotopic (exact) mass is 169 g/mol. The predicted octanol–water partition coefficient (Wildman–Crippen LogP) is 1.20. The molecule has 0 bridgehead atoms. The van der Waals surface area contributed by atoms with E-state index in [0.29, 0.717) is 0 Å². The standard InChI is InChI=1S/C6H11N5O/c1-5(2)9-10-6(12)3-4-8-11-7/h3-4H2,1-2H3,(H,10,12). The highest BCUT2D eigenvalue weighted by molar-refractivity contribution is 5.82. The van der Waals surface area contributed by atoms with Gasteiger partial charge in [-0.15, -0.1) is 0 Å². The van der Waals surface area contributed by atoms with Crippen LogP contribution in [-0.4, -0.2) is 18.2 Å². The van der Waals surface area contributed by atoms with Gasteiger partial charge >= 0.3 is 0 Å². The normalized spacial score (nSPS) is 8.17. The molecule has 6 heteroatoms. The average molecular weight is 169 g/mol. The molecule has 0 radical (unpaired) electrons. The first kappa shape index (κ1) is 10.4. The highest BCUT2D eigenvalue weighted by atomic mass is 16.2. The van der Waals surface area contributed by atoms with Crippen molar-refractivity contribution in [1.29, 1.82) is 0 Å². The molecule has 0 aliphatic rings. The van der Waals surface area contributed by atoms with Gasteiger partial charge in [-0.05, 0) is 19.4 Å². The number of hydrazone groups is 1. The van der Waals surface area contributed by atoms with Gasteiger partial charge in [0.2, 0.25) is 5.91 Å². The van der Waals surface area contributed by atoms with Gasteiger partial charge in [-0.1, -0.05) is 5.11 Å². The van der Waals surface area contributed by atoms with Crippen molar-refractivity contribution in [2.24, 2.45) is 10.2 Å². The Hall–Kier alpha value is -1.55. The SMILES string of the molecule is CC(C)=NNC(=O)CCN=[N+]=[N-]. The van der Waals surface area contributed by atoms with Crippen molar-refractivity contribution in [3.05, 3.63) is 10.4 Å². The number of nitrogens with zero attached hydrogens (tertiary/aromatic N) is 4. The average Bonchev–Trinajstić information content (AvgIpc) is 2.01. The van der Waals surface area contributed by atoms with Gasteiger partial charge < -0.3 is 0 Å². The Balaban J connectivity index is 3.60. The van der Waals surface area contributed by atoms with Crippen LogP contribution in [0.1, 0.15) is 20.3 Å². The van der Waals surface area contributed by atoms with E-state index in [1.165, 1.54) is 0 Å². The molecule has 0 atom stereocenters. The molecule has 0 aliphatic heterocycles. The summed E-state index contributed by atoms with van der Waals surface area (Å²) in [5.41, 5.74) is 11.0. The molecule has 0 fully saturated rings. The van der Waals surface area contributed by atoms with E-state index in [9.17, 15) is 4.79 Å². The van der Waals surface area contributed by atoms with Gasteiger partial charge in [-0.25, -0.2) is 5.43 Å². The molecule has 0 aromatic rings. The first-order chi connectivity index (χ1) is 5.66. The van der Waals surface area contributed by atoms with Crippen LogP contribution in [0.3, 0.4) is 0 Å². The molecular weight excluding hydrogens is 158 g/mol. The third-order valence-electron chi connectivity index (χ3n) is 0.906. The third-order valence-corrected chi connectivity index (χ3v) is 0.906. The van der Waals surface area contributed by atoms with E-state index in [0.717, 1.165) is 5.71 Å². The lowest BCUT2D eigenvalue weighted by Crippen LogP contribution is -2.18. The van der Waals surface area contributed by atoms with Gasteiger partial charge in [0.15, 0.2) is 0 Å². The second kappa shape index (κ2) is 6.18. The summed E-state index contributed by atoms with van der Waals surface area (Å²) >= 11 is 0. The first-order valence-corrected chi connectivity index (χ1v) is 3.47. The smallest absolute Gasteiger partial charge is 0.240 e. The van der Waals surface area contributed by atoms with Gasteiger partial charge in [0.05, 0.1) is 0 Å². The zero-order valence-corrected chi connectivity index (χ0v) is 7.11. The number of rotatable bonds is 4. The number of carbonyl (C=O) groups excluding carboxylic acids is 1. The fourth-order valence-electron chi connectivity index (χ4n) is 0.426. The second-order valence-corrected chi connectivity index (χ2v) is 2.30. The van der Waals surface area contributed by atoms with Crippen LogP contribution in [0.2, 0.25) is 0 Å². The largest absolute Gasteiger partial charge is 0.273 e. The van der Waals surface area contributed by atoms with Gasteiger partial charge in [0, 0.05) is 23.6 Å². The molecule has 6 nitrogen and oxygen atoms in total. The van der Waals surface area contributed by atoms with E-state index < -0.39 is 0 Å². The number of hydrogen-bond donors (Lipinski definition) is 1. The molecule has 0 aromatic carbocycles. The van der Waals surface area contributed by atoms with Gasteiger partial charge in [0.25, 0.3) is 0 Å². The summed E-state index contributed by atoms with van der Waals surface area (Å²) in [4.78, 5) is 13.3. The van der Waals surface area contributed by atoms with Crippen LogP contribution in [0.15, 0.2) is 10.2 Å². The van der Waals surface area contributed by atoms with E-state index >= 15 is 0 Å². The van der Waals surface area contributed by atoms with Crippen LogP contribution in [0.4, 0.5) is 0 Å². The number of carbonyl (C=O) groups is 1. The zero-order valence-electron chi connectivity index (χ0n) is 7.11. The Bertz CT molecular complexity index is 224. The Morgan fingerprint density at radius 3 is 2.75 bits per heavy atom. The van der Waals surface area contributed by atoms with E-state index in [1.54, 1.807) is 13.8 Å². The molecule has 12 heavy (non-hydrogen) atoms. The first-order valence-electron chi connectivity index (χ1n) is 3.47. The summed E-state index contributed by atoms with van der Waals surface area (Å²) < 4.78 is 0. The highest BCUT2D eigenvalue weighted by Crippen LogP contribution is 1.82. The molecule has 1 amide bonds. The van der Waals surface area contributed by atoms with E-state index in [4.69, 9.17) is 5.53 Å². The maximum absolute atomic E-state index is 10.8. The van der Waals surface area contributed by atoms with Gasteiger partial charge in [-0.3, -0.25) is 4.79 Å². The fourth-order valence-corrected chi connectivity index (χ4v) is 0.426. The zero-order chi connectivity index (χ0) is 9.40. The predicted molar refractivity (Wildman–Crippen MR) is 45.6 cm³/mol. The molecule has 0 heterocycles. The fraction of sp³-hybridized carbons (Fsp3) is 0.667. The summed E-state index contributed by atoms with van der Waals surface area (Å²) in [5.74, 6) is -0.247. The van der Waals surface area contributed by atoms with Crippen molar-refractivity contribution in [2.45, 2.75) is 20.3 Å². The Morgan fingerprint density at radius 2 is 2.25 bits per heavy atom. The lowest BCUT2D eigenvalue weighted by atomic mass is 10.4. The molecule has 0 rings (SSSR count). The van der Waals surface area contributed by atoms with Gasteiger partial charge in [-0.2, -0.15) is 5.10 Å². The Labute approximate surface area is 70.3 Å². The molecule has 0 saturated carbocycles. The lowest BCUT2D eigenvalue weighted by Gasteiger charge is -1.96. The quantitative estimate of drug-likeness (QED) is 0.221. The molecule has 0 aliphatic carbocycles. The van der Waals surface area contributed by atoms with E-state index in [-0.39, 0.29) is 18.9 Å². The van der Waals surface area contributed by atoms with Crippen LogP contribution in [0.5, 0.6) is 0 Å². The maximum Gasteiger partial charge on any atom is 0.240 e. The topological polar surface area (TPSA) is 90.2 Å². The van der Waals surface area contributed by atoms with Crippen molar-refractivity contribution >= 4 is 11.6 Å². The summed E-state index contributed by atoms with van der Waals surface area (Å²) in [5, 5.41) is 6.90. The van der Waals surface area contributed by atoms with Crippen LogP contribution in [0.25, 0.3) is 10.4 Å². The summed E-state index contributed by atoms with van der Waals surface area (Å²) in [6.45, 7) is 3.71. The maximum atomic E-state index is 10.8. The molecule has 1 N–H and O–H groups in total. The van der Waals surface area contributed by atoms with Crippen LogP contribution >= 0.6 is 0 Å². The Kier molecular flexibility index (Phi) is 5.38. The van der Waals surface area contributed by atoms with Crippen molar-refractivity contribution in [2.75, 3.05) is 6.54 Å². The highest BCUT2D eigenvalue weighted by Gasteiger charge is 1.96.